The summed E-state index contributed by atoms with van der Waals surface area (Å²) in [6, 6.07) is 5.62. The van der Waals surface area contributed by atoms with Crippen molar-refractivity contribution < 1.29 is 13.9 Å². The summed E-state index contributed by atoms with van der Waals surface area (Å²) >= 11 is 5.63. The Labute approximate surface area is 105 Å². The van der Waals surface area contributed by atoms with Crippen molar-refractivity contribution in [2.75, 3.05) is 32.7 Å². The molecule has 0 fully saturated rings. The Hall–Kier alpha value is -1.13. The lowest BCUT2D eigenvalue weighted by molar-refractivity contribution is 0.0707. The topological polar surface area (TPSA) is 29.5 Å². The molecule has 0 spiro atoms. The van der Waals surface area contributed by atoms with Crippen LogP contribution in [0.5, 0.6) is 0 Å². The molecule has 1 aromatic rings. The van der Waals surface area contributed by atoms with E-state index in [0.717, 1.165) is 0 Å². The van der Waals surface area contributed by atoms with Crippen LogP contribution in [0.1, 0.15) is 10.4 Å². The summed E-state index contributed by atoms with van der Waals surface area (Å²) < 4.78 is 17.9. The van der Waals surface area contributed by atoms with Gasteiger partial charge >= 0.3 is 0 Å². The molecule has 0 bridgehead atoms. The van der Waals surface area contributed by atoms with E-state index in [1.54, 1.807) is 18.1 Å². The van der Waals surface area contributed by atoms with Crippen molar-refractivity contribution in [2.45, 2.75) is 0 Å². The van der Waals surface area contributed by atoms with Gasteiger partial charge in [0.2, 0.25) is 0 Å². The third-order valence-electron chi connectivity index (χ3n) is 2.28. The van der Waals surface area contributed by atoms with Crippen LogP contribution in [0.15, 0.2) is 24.3 Å². The molecule has 0 N–H and O–H groups in total. The molecular weight excluding hydrogens is 245 g/mol. The van der Waals surface area contributed by atoms with E-state index in [1.807, 2.05) is 0 Å². The number of benzene rings is 1. The monoisotopic (exact) mass is 259 g/mol. The zero-order valence-corrected chi connectivity index (χ0v) is 10.4. The Bertz CT molecular complexity index is 373. The number of rotatable bonds is 6. The second-order valence-corrected chi connectivity index (χ2v) is 3.86. The summed E-state index contributed by atoms with van der Waals surface area (Å²) in [7, 11) is 1.56. The third-order valence-corrected chi connectivity index (χ3v) is 2.45. The number of hydrogen-bond donors (Lipinski definition) is 0. The van der Waals surface area contributed by atoms with E-state index in [-0.39, 0.29) is 5.91 Å². The zero-order valence-electron chi connectivity index (χ0n) is 9.66. The van der Waals surface area contributed by atoms with Crippen LogP contribution in [0.25, 0.3) is 0 Å². The summed E-state index contributed by atoms with van der Waals surface area (Å²) in [5, 5.41) is 0. The Morgan fingerprint density at radius 3 is 2.82 bits per heavy atom. The fourth-order valence-electron chi connectivity index (χ4n) is 1.42. The van der Waals surface area contributed by atoms with Crippen LogP contribution in [0.3, 0.4) is 0 Å². The Morgan fingerprint density at radius 1 is 1.47 bits per heavy atom. The number of methoxy groups -OCH3 is 1. The number of nitrogens with zero attached hydrogens (tertiary/aromatic N) is 1. The van der Waals surface area contributed by atoms with Crippen molar-refractivity contribution in [3.63, 3.8) is 0 Å². The highest BCUT2D eigenvalue weighted by molar-refractivity contribution is 6.18. The molecule has 0 aliphatic carbocycles. The maximum absolute atomic E-state index is 13.0. The van der Waals surface area contributed by atoms with Crippen LogP contribution in [0.2, 0.25) is 0 Å². The van der Waals surface area contributed by atoms with Crippen molar-refractivity contribution >= 4 is 17.5 Å². The van der Waals surface area contributed by atoms with Gasteiger partial charge < -0.3 is 9.64 Å². The maximum atomic E-state index is 13.0. The summed E-state index contributed by atoms with van der Waals surface area (Å²) in [5.74, 6) is -0.319. The van der Waals surface area contributed by atoms with Gasteiger partial charge in [-0.3, -0.25) is 4.79 Å². The highest BCUT2D eigenvalue weighted by atomic mass is 35.5. The van der Waals surface area contributed by atoms with Crippen LogP contribution in [0.4, 0.5) is 4.39 Å². The summed E-state index contributed by atoms with van der Waals surface area (Å²) in [6.45, 7) is 1.29. The van der Waals surface area contributed by atoms with Gasteiger partial charge in [-0.2, -0.15) is 0 Å². The summed E-state index contributed by atoms with van der Waals surface area (Å²) in [6.07, 6.45) is 0. The lowest BCUT2D eigenvalue weighted by Crippen LogP contribution is -2.35. The van der Waals surface area contributed by atoms with Crippen molar-refractivity contribution in [1.82, 2.24) is 4.90 Å². The first-order valence-electron chi connectivity index (χ1n) is 5.28. The Morgan fingerprint density at radius 2 is 2.24 bits per heavy atom. The predicted octanol–water partition coefficient (Wildman–Crippen LogP) is 2.15. The minimum absolute atomic E-state index is 0.234. The van der Waals surface area contributed by atoms with Crippen molar-refractivity contribution in [2.24, 2.45) is 0 Å². The van der Waals surface area contributed by atoms with Gasteiger partial charge in [-0.25, -0.2) is 4.39 Å². The van der Waals surface area contributed by atoms with Gasteiger partial charge in [-0.1, -0.05) is 6.07 Å². The molecule has 17 heavy (non-hydrogen) atoms. The summed E-state index contributed by atoms with van der Waals surface area (Å²) in [5.41, 5.74) is 0.325. The number of amides is 1. The minimum atomic E-state index is -0.423. The first-order valence-corrected chi connectivity index (χ1v) is 5.82. The molecule has 94 valence electrons. The van der Waals surface area contributed by atoms with Gasteiger partial charge in [-0.05, 0) is 18.2 Å². The number of hydrogen-bond acceptors (Lipinski definition) is 2. The first kappa shape index (κ1) is 13.9. The third kappa shape index (κ3) is 4.32. The van der Waals surface area contributed by atoms with Crippen LogP contribution >= 0.6 is 11.6 Å². The molecule has 0 aromatic heterocycles. The molecule has 0 heterocycles. The van der Waals surface area contributed by atoms with E-state index in [9.17, 15) is 9.18 Å². The molecule has 0 radical (unpaired) electrons. The average molecular weight is 260 g/mol. The molecule has 0 unspecified atom stereocenters. The quantitative estimate of drug-likeness (QED) is 0.733. The second kappa shape index (κ2) is 7.25. The van der Waals surface area contributed by atoms with Crippen LogP contribution in [0, 0.1) is 5.82 Å². The van der Waals surface area contributed by atoms with Crippen molar-refractivity contribution in [3.8, 4) is 0 Å². The van der Waals surface area contributed by atoms with Crippen LogP contribution in [-0.2, 0) is 4.74 Å². The van der Waals surface area contributed by atoms with Crippen LogP contribution in [-0.4, -0.2) is 43.5 Å². The highest BCUT2D eigenvalue weighted by Gasteiger charge is 2.15. The molecule has 0 saturated carbocycles. The number of carbonyl (C=O) groups is 1. The molecule has 1 rings (SSSR count). The SMILES string of the molecule is COCCN(CCCl)C(=O)c1cccc(F)c1. The van der Waals surface area contributed by atoms with Crippen molar-refractivity contribution in [1.29, 1.82) is 0 Å². The minimum Gasteiger partial charge on any atom is -0.383 e. The van der Waals surface area contributed by atoms with E-state index < -0.39 is 5.82 Å². The lowest BCUT2D eigenvalue weighted by Gasteiger charge is -2.21. The first-order chi connectivity index (χ1) is 8.19. The standard InChI is InChI=1S/C12H15ClFNO2/c1-17-8-7-15(6-5-13)12(16)10-3-2-4-11(14)9-10/h2-4,9H,5-8H2,1H3. The number of alkyl halides is 1. The average Bonchev–Trinajstić information content (AvgIpc) is 2.33. The smallest absolute Gasteiger partial charge is 0.254 e. The second-order valence-electron chi connectivity index (χ2n) is 3.48. The molecule has 1 amide bonds. The highest BCUT2D eigenvalue weighted by Crippen LogP contribution is 2.07. The molecule has 3 nitrogen and oxygen atoms in total. The van der Waals surface area contributed by atoms with E-state index in [4.69, 9.17) is 16.3 Å². The van der Waals surface area contributed by atoms with E-state index >= 15 is 0 Å². The molecule has 0 saturated heterocycles. The van der Waals surface area contributed by atoms with Gasteiger partial charge in [0.15, 0.2) is 0 Å². The fraction of sp³-hybridized carbons (Fsp3) is 0.417. The zero-order chi connectivity index (χ0) is 12.7. The normalized spacial score (nSPS) is 10.3. The fourth-order valence-corrected chi connectivity index (χ4v) is 1.63. The lowest BCUT2D eigenvalue weighted by atomic mass is 10.2. The van der Waals surface area contributed by atoms with Gasteiger partial charge in [-0.15, -0.1) is 11.6 Å². The van der Waals surface area contributed by atoms with Gasteiger partial charge in [0.05, 0.1) is 6.61 Å². The van der Waals surface area contributed by atoms with E-state index in [2.05, 4.69) is 0 Å². The number of carbonyl (C=O) groups excluding carboxylic acids is 1. The van der Waals surface area contributed by atoms with E-state index in [0.29, 0.717) is 31.1 Å². The summed E-state index contributed by atoms with van der Waals surface area (Å²) in [4.78, 5) is 13.6. The molecule has 1 aromatic carbocycles. The molecule has 0 atom stereocenters. The largest absolute Gasteiger partial charge is 0.383 e. The number of halogens is 2. The molecule has 0 aliphatic rings. The van der Waals surface area contributed by atoms with Gasteiger partial charge in [0.1, 0.15) is 5.82 Å². The number of ether oxygens (including phenoxy) is 1. The Kier molecular flexibility index (Phi) is 5.94. The van der Waals surface area contributed by atoms with Crippen molar-refractivity contribution in [3.05, 3.63) is 35.6 Å². The maximum Gasteiger partial charge on any atom is 0.254 e. The van der Waals surface area contributed by atoms with Gasteiger partial charge in [0.25, 0.3) is 5.91 Å². The van der Waals surface area contributed by atoms with Gasteiger partial charge in [0, 0.05) is 31.6 Å². The van der Waals surface area contributed by atoms with E-state index in [1.165, 1.54) is 18.2 Å². The molecule has 0 aliphatic heterocycles. The molecule has 5 heteroatoms. The Balaban J connectivity index is 2.76. The molecular formula is C12H15ClFNO2. The predicted molar refractivity (Wildman–Crippen MR) is 64.9 cm³/mol. The van der Waals surface area contributed by atoms with Crippen LogP contribution < -0.4 is 0 Å².